The minimum atomic E-state index is -0.637. The van der Waals surface area contributed by atoms with Crippen molar-refractivity contribution >= 4 is 5.97 Å². The molecule has 2 atom stereocenters. The van der Waals surface area contributed by atoms with Gasteiger partial charge in [-0.15, -0.1) is 0 Å². The molecule has 1 aliphatic rings. The van der Waals surface area contributed by atoms with E-state index in [0.717, 1.165) is 11.5 Å². The fourth-order valence-electron chi connectivity index (χ4n) is 2.38. The number of ether oxygens (including phenoxy) is 1. The second-order valence-corrected chi connectivity index (χ2v) is 5.08. The van der Waals surface area contributed by atoms with Crippen molar-refractivity contribution in [1.82, 2.24) is 5.32 Å². The largest absolute Gasteiger partial charge is 0.465 e. The van der Waals surface area contributed by atoms with Crippen molar-refractivity contribution in [2.45, 2.75) is 38.8 Å². The molecular formula is C15H20FNO2. The predicted octanol–water partition coefficient (Wildman–Crippen LogP) is 2.89. The smallest absolute Gasteiger partial charge is 0.340 e. The highest BCUT2D eigenvalue weighted by molar-refractivity contribution is 5.89. The number of carbonyl (C=O) groups excluding carboxylic acids is 1. The van der Waals surface area contributed by atoms with Gasteiger partial charge in [0.25, 0.3) is 0 Å². The summed E-state index contributed by atoms with van der Waals surface area (Å²) in [6.45, 7) is 2.83. The molecule has 104 valence electrons. The van der Waals surface area contributed by atoms with Crippen LogP contribution in [0.1, 0.15) is 42.1 Å². The Morgan fingerprint density at radius 2 is 2.32 bits per heavy atom. The van der Waals surface area contributed by atoms with Crippen LogP contribution in [0.15, 0.2) is 18.2 Å². The van der Waals surface area contributed by atoms with Gasteiger partial charge in [0.05, 0.1) is 12.7 Å². The van der Waals surface area contributed by atoms with Gasteiger partial charge in [0.15, 0.2) is 0 Å². The molecule has 0 aromatic heterocycles. The lowest BCUT2D eigenvalue weighted by Crippen LogP contribution is -2.18. The average Bonchev–Trinajstić information content (AvgIpc) is 3.14. The van der Waals surface area contributed by atoms with Gasteiger partial charge in [0.1, 0.15) is 5.82 Å². The zero-order valence-corrected chi connectivity index (χ0v) is 11.4. The first-order chi connectivity index (χ1) is 9.15. The van der Waals surface area contributed by atoms with Gasteiger partial charge in [-0.2, -0.15) is 0 Å². The predicted molar refractivity (Wildman–Crippen MR) is 71.4 cm³/mol. The van der Waals surface area contributed by atoms with Crippen molar-refractivity contribution in [1.29, 1.82) is 0 Å². The van der Waals surface area contributed by atoms with Crippen LogP contribution >= 0.6 is 0 Å². The second kappa shape index (κ2) is 6.15. The third-order valence-electron chi connectivity index (χ3n) is 3.59. The quantitative estimate of drug-likeness (QED) is 0.804. The van der Waals surface area contributed by atoms with Crippen molar-refractivity contribution in [2.24, 2.45) is 5.92 Å². The molecule has 0 spiro atoms. The highest BCUT2D eigenvalue weighted by Crippen LogP contribution is 2.34. The van der Waals surface area contributed by atoms with E-state index in [-0.39, 0.29) is 5.56 Å². The van der Waals surface area contributed by atoms with E-state index < -0.39 is 11.8 Å². The van der Waals surface area contributed by atoms with Crippen LogP contribution in [-0.2, 0) is 11.3 Å². The Bertz CT molecular complexity index is 461. The number of carbonyl (C=O) groups is 1. The van der Waals surface area contributed by atoms with Gasteiger partial charge in [-0.25, -0.2) is 9.18 Å². The van der Waals surface area contributed by atoms with E-state index in [2.05, 4.69) is 17.0 Å². The zero-order chi connectivity index (χ0) is 13.8. The van der Waals surface area contributed by atoms with Gasteiger partial charge in [-0.05, 0) is 36.5 Å². The van der Waals surface area contributed by atoms with Gasteiger partial charge < -0.3 is 10.1 Å². The van der Waals surface area contributed by atoms with Gasteiger partial charge in [-0.3, -0.25) is 0 Å². The summed E-state index contributed by atoms with van der Waals surface area (Å²) in [7, 11) is 1.25. The molecule has 1 N–H and O–H groups in total. The maximum Gasteiger partial charge on any atom is 0.340 e. The number of hydrogen-bond donors (Lipinski definition) is 1. The van der Waals surface area contributed by atoms with Gasteiger partial charge >= 0.3 is 5.97 Å². The fraction of sp³-hybridized carbons (Fsp3) is 0.533. The third kappa shape index (κ3) is 3.53. The SMILES string of the molecule is CCCC1CC1NCc1ccc(C(=O)OC)c(F)c1. The molecule has 1 aliphatic carbocycles. The summed E-state index contributed by atoms with van der Waals surface area (Å²) < 4.78 is 18.2. The summed E-state index contributed by atoms with van der Waals surface area (Å²) in [5.74, 6) is -0.376. The minimum absolute atomic E-state index is 0.0125. The summed E-state index contributed by atoms with van der Waals surface area (Å²) >= 11 is 0. The molecule has 19 heavy (non-hydrogen) atoms. The molecular weight excluding hydrogens is 245 g/mol. The van der Waals surface area contributed by atoms with Crippen LogP contribution in [-0.4, -0.2) is 19.1 Å². The van der Waals surface area contributed by atoms with Crippen LogP contribution in [0.25, 0.3) is 0 Å². The maximum absolute atomic E-state index is 13.7. The minimum Gasteiger partial charge on any atom is -0.465 e. The van der Waals surface area contributed by atoms with E-state index in [4.69, 9.17) is 0 Å². The summed E-state index contributed by atoms with van der Waals surface area (Å²) in [5, 5.41) is 3.41. The molecule has 1 aromatic carbocycles. The van der Waals surface area contributed by atoms with Gasteiger partial charge in [0, 0.05) is 12.6 Å². The van der Waals surface area contributed by atoms with Crippen LogP contribution < -0.4 is 5.32 Å². The van der Waals surface area contributed by atoms with Crippen LogP contribution in [0.3, 0.4) is 0 Å². The summed E-state index contributed by atoms with van der Waals surface area (Å²) in [6.07, 6.45) is 3.69. The lowest BCUT2D eigenvalue weighted by molar-refractivity contribution is 0.0595. The van der Waals surface area contributed by atoms with Crippen molar-refractivity contribution in [2.75, 3.05) is 7.11 Å². The molecule has 0 amide bonds. The highest BCUT2D eigenvalue weighted by atomic mass is 19.1. The number of benzene rings is 1. The number of halogens is 1. The Kier molecular flexibility index (Phi) is 4.53. The van der Waals surface area contributed by atoms with Crippen molar-refractivity contribution in [3.05, 3.63) is 35.1 Å². The topological polar surface area (TPSA) is 38.3 Å². The molecule has 1 fully saturated rings. The number of hydrogen-bond acceptors (Lipinski definition) is 3. The van der Waals surface area contributed by atoms with E-state index in [1.807, 2.05) is 0 Å². The van der Waals surface area contributed by atoms with E-state index in [1.165, 1.54) is 38.5 Å². The summed E-state index contributed by atoms with van der Waals surface area (Å²) in [4.78, 5) is 11.3. The lowest BCUT2D eigenvalue weighted by Gasteiger charge is -2.06. The van der Waals surface area contributed by atoms with Crippen molar-refractivity contribution < 1.29 is 13.9 Å². The molecule has 2 unspecified atom stereocenters. The average molecular weight is 265 g/mol. The molecule has 1 saturated carbocycles. The molecule has 4 heteroatoms. The standard InChI is InChI=1S/C15H20FNO2/c1-3-4-11-8-14(11)17-9-10-5-6-12(13(16)7-10)15(18)19-2/h5-7,11,14,17H,3-4,8-9H2,1-2H3. The van der Waals surface area contributed by atoms with E-state index >= 15 is 0 Å². The van der Waals surface area contributed by atoms with E-state index in [1.54, 1.807) is 6.07 Å². The van der Waals surface area contributed by atoms with Gasteiger partial charge in [-0.1, -0.05) is 19.4 Å². The third-order valence-corrected chi connectivity index (χ3v) is 3.59. The molecule has 0 aliphatic heterocycles. The first-order valence-electron chi connectivity index (χ1n) is 6.75. The lowest BCUT2D eigenvalue weighted by atomic mass is 10.1. The normalized spacial score (nSPS) is 21.2. The molecule has 0 heterocycles. The van der Waals surface area contributed by atoms with Crippen molar-refractivity contribution in [3.8, 4) is 0 Å². The van der Waals surface area contributed by atoms with Crippen molar-refractivity contribution in [3.63, 3.8) is 0 Å². The Labute approximate surface area is 113 Å². The fourth-order valence-corrected chi connectivity index (χ4v) is 2.38. The Morgan fingerprint density at radius 3 is 2.95 bits per heavy atom. The summed E-state index contributed by atoms with van der Waals surface area (Å²) in [6, 6.07) is 5.22. The molecule has 2 rings (SSSR count). The Hall–Kier alpha value is -1.42. The number of methoxy groups -OCH3 is 1. The van der Waals surface area contributed by atoms with Crippen LogP contribution in [0.5, 0.6) is 0 Å². The molecule has 0 bridgehead atoms. The second-order valence-electron chi connectivity index (χ2n) is 5.08. The number of esters is 1. The summed E-state index contributed by atoms with van der Waals surface area (Å²) in [5.41, 5.74) is 0.842. The monoisotopic (exact) mass is 265 g/mol. The van der Waals surface area contributed by atoms with E-state index in [9.17, 15) is 9.18 Å². The Balaban J connectivity index is 1.88. The Morgan fingerprint density at radius 1 is 1.53 bits per heavy atom. The highest BCUT2D eigenvalue weighted by Gasteiger charge is 2.35. The van der Waals surface area contributed by atoms with Gasteiger partial charge in [0.2, 0.25) is 0 Å². The molecule has 0 radical (unpaired) electrons. The first kappa shape index (κ1) is 14.0. The first-order valence-corrected chi connectivity index (χ1v) is 6.75. The zero-order valence-electron chi connectivity index (χ0n) is 11.4. The molecule has 3 nitrogen and oxygen atoms in total. The van der Waals surface area contributed by atoms with E-state index in [0.29, 0.717) is 12.6 Å². The number of nitrogens with one attached hydrogen (secondary N) is 1. The van der Waals surface area contributed by atoms with Crippen LogP contribution in [0.4, 0.5) is 4.39 Å². The molecule has 1 aromatic rings. The maximum atomic E-state index is 13.7. The molecule has 0 saturated heterocycles. The van der Waals surface area contributed by atoms with Crippen LogP contribution in [0, 0.1) is 11.7 Å². The number of rotatable bonds is 6. The van der Waals surface area contributed by atoms with Crippen LogP contribution in [0.2, 0.25) is 0 Å².